The molecule has 0 radical (unpaired) electrons. The van der Waals surface area contributed by atoms with Gasteiger partial charge in [-0.25, -0.2) is 0 Å². The Hall–Kier alpha value is -2.38. The normalized spacial score (nSPS) is 14.2. The van der Waals surface area contributed by atoms with E-state index in [0.717, 1.165) is 54.0 Å². The first kappa shape index (κ1) is 22.8. The van der Waals surface area contributed by atoms with Crippen LogP contribution in [0.25, 0.3) is 21.5 Å². The van der Waals surface area contributed by atoms with E-state index in [1.807, 2.05) is 18.2 Å². The van der Waals surface area contributed by atoms with Crippen molar-refractivity contribution in [3.8, 4) is 11.5 Å². The second kappa shape index (κ2) is 9.63. The smallest absolute Gasteiger partial charge is 0.125 e. The molecule has 32 heavy (non-hydrogen) atoms. The Bertz CT molecular complexity index is 1140. The van der Waals surface area contributed by atoms with Crippen LogP contribution in [0.2, 0.25) is 0 Å². The summed E-state index contributed by atoms with van der Waals surface area (Å²) in [6.07, 6.45) is 3.24. The van der Waals surface area contributed by atoms with Gasteiger partial charge in [0.2, 0.25) is 0 Å². The van der Waals surface area contributed by atoms with Crippen LogP contribution in [-0.2, 0) is 32.8 Å². The molecule has 0 fully saturated rings. The summed E-state index contributed by atoms with van der Waals surface area (Å²) in [4.78, 5) is 2.50. The lowest BCUT2D eigenvalue weighted by Gasteiger charge is -2.32. The van der Waals surface area contributed by atoms with Crippen LogP contribution in [0.5, 0.6) is 11.5 Å². The largest absolute Gasteiger partial charge is 0.496 e. The summed E-state index contributed by atoms with van der Waals surface area (Å²) < 4.78 is 11.2. The number of ether oxygens (including phenoxy) is 2. The highest BCUT2D eigenvalue weighted by molar-refractivity contribution is 6.14. The van der Waals surface area contributed by atoms with Gasteiger partial charge in [0.05, 0.1) is 34.0 Å². The fourth-order valence-electron chi connectivity index (χ4n) is 5.16. The van der Waals surface area contributed by atoms with Crippen molar-refractivity contribution < 1.29 is 24.8 Å². The van der Waals surface area contributed by atoms with Crippen LogP contribution in [0, 0.1) is 0 Å². The predicted molar refractivity (Wildman–Crippen MR) is 126 cm³/mol. The van der Waals surface area contributed by atoms with Gasteiger partial charge in [0.15, 0.2) is 0 Å². The van der Waals surface area contributed by atoms with Gasteiger partial charge in [-0.2, -0.15) is 0 Å². The van der Waals surface area contributed by atoms with Gasteiger partial charge in [-0.15, -0.1) is 0 Å². The lowest BCUT2D eigenvalue weighted by molar-refractivity contribution is 0.251. The van der Waals surface area contributed by atoms with Gasteiger partial charge < -0.3 is 24.8 Å². The molecule has 6 nitrogen and oxygen atoms in total. The molecule has 0 spiro atoms. The maximum atomic E-state index is 10.3. The number of aliphatic hydroxyl groups excluding tert-OH is 3. The molecule has 0 saturated heterocycles. The average molecular weight is 440 g/mol. The van der Waals surface area contributed by atoms with E-state index in [-0.39, 0.29) is 19.8 Å². The van der Waals surface area contributed by atoms with Gasteiger partial charge in [-0.05, 0) is 75.8 Å². The number of nitrogens with zero attached hydrogens (tertiary/aromatic N) is 1. The number of benzene rings is 3. The maximum Gasteiger partial charge on any atom is 0.125 e. The zero-order chi connectivity index (χ0) is 22.8. The second-order valence-electron chi connectivity index (χ2n) is 8.48. The first-order valence-electron chi connectivity index (χ1n) is 11.3. The van der Waals surface area contributed by atoms with E-state index in [9.17, 15) is 15.3 Å². The number of fused-ring (bicyclic) bond motifs is 6. The standard InChI is InChI=1S/C26H33NO5/c1-4-5-7-27-8-6-17-20-11-25(32-3)22(14-29)23(15-30)26(20)19-9-16(13-28)24(31-2)10-18(19)21(17)12-27/h9-11,28-30H,4-8,12-15H2,1-3H3. The molecule has 0 aromatic heterocycles. The number of aliphatic hydroxyl groups is 3. The highest BCUT2D eigenvalue weighted by atomic mass is 16.5. The summed E-state index contributed by atoms with van der Waals surface area (Å²) in [5.41, 5.74) is 4.50. The van der Waals surface area contributed by atoms with Gasteiger partial charge in [0, 0.05) is 24.2 Å². The van der Waals surface area contributed by atoms with Gasteiger partial charge in [0.25, 0.3) is 0 Å². The highest BCUT2D eigenvalue weighted by Gasteiger charge is 2.26. The fourth-order valence-corrected chi connectivity index (χ4v) is 5.16. The molecule has 172 valence electrons. The third kappa shape index (κ3) is 3.71. The van der Waals surface area contributed by atoms with E-state index in [1.165, 1.54) is 17.5 Å². The lowest BCUT2D eigenvalue weighted by Crippen LogP contribution is -2.31. The van der Waals surface area contributed by atoms with Crippen molar-refractivity contribution in [2.75, 3.05) is 27.3 Å². The Kier molecular flexibility index (Phi) is 6.86. The first-order chi connectivity index (χ1) is 15.6. The van der Waals surface area contributed by atoms with Crippen LogP contribution in [0.3, 0.4) is 0 Å². The molecule has 4 rings (SSSR count). The minimum Gasteiger partial charge on any atom is -0.496 e. The molecular weight excluding hydrogens is 406 g/mol. The Morgan fingerprint density at radius 1 is 0.844 bits per heavy atom. The van der Waals surface area contributed by atoms with E-state index in [1.54, 1.807) is 14.2 Å². The molecule has 0 aliphatic carbocycles. The monoisotopic (exact) mass is 439 g/mol. The summed E-state index contributed by atoms with van der Waals surface area (Å²) in [5.74, 6) is 1.25. The number of hydrogen-bond donors (Lipinski definition) is 3. The molecule has 0 amide bonds. The van der Waals surface area contributed by atoms with Crippen molar-refractivity contribution in [2.24, 2.45) is 0 Å². The Morgan fingerprint density at radius 3 is 2.19 bits per heavy atom. The Balaban J connectivity index is 2.12. The van der Waals surface area contributed by atoms with Crippen molar-refractivity contribution in [1.29, 1.82) is 0 Å². The summed E-state index contributed by atoms with van der Waals surface area (Å²) in [6, 6.07) is 5.99. The van der Waals surface area contributed by atoms with Crippen molar-refractivity contribution in [2.45, 2.75) is 52.6 Å². The van der Waals surface area contributed by atoms with Crippen LogP contribution in [0.4, 0.5) is 0 Å². The van der Waals surface area contributed by atoms with Gasteiger partial charge >= 0.3 is 0 Å². The molecule has 1 heterocycles. The van der Waals surface area contributed by atoms with E-state index in [4.69, 9.17) is 9.47 Å². The lowest BCUT2D eigenvalue weighted by atomic mass is 9.84. The molecule has 3 aromatic rings. The minimum absolute atomic E-state index is 0.141. The molecule has 0 atom stereocenters. The van der Waals surface area contributed by atoms with Gasteiger partial charge in [-0.1, -0.05) is 13.3 Å². The van der Waals surface area contributed by atoms with Crippen LogP contribution >= 0.6 is 0 Å². The predicted octanol–water partition coefficient (Wildman–Crippen LogP) is 3.65. The molecule has 0 unspecified atom stereocenters. The zero-order valence-electron chi connectivity index (χ0n) is 19.2. The Labute approximate surface area is 189 Å². The van der Waals surface area contributed by atoms with Crippen molar-refractivity contribution in [3.63, 3.8) is 0 Å². The number of methoxy groups -OCH3 is 2. The van der Waals surface area contributed by atoms with Gasteiger partial charge in [0.1, 0.15) is 11.5 Å². The number of hydrogen-bond acceptors (Lipinski definition) is 6. The van der Waals surface area contributed by atoms with Gasteiger partial charge in [-0.3, -0.25) is 4.90 Å². The van der Waals surface area contributed by atoms with E-state index >= 15 is 0 Å². The summed E-state index contributed by atoms with van der Waals surface area (Å²) in [5, 5.41) is 34.4. The second-order valence-corrected chi connectivity index (χ2v) is 8.48. The van der Waals surface area contributed by atoms with Crippen molar-refractivity contribution in [1.82, 2.24) is 4.90 Å². The minimum atomic E-state index is -0.221. The first-order valence-corrected chi connectivity index (χ1v) is 11.3. The molecule has 0 bridgehead atoms. The van der Waals surface area contributed by atoms with Crippen LogP contribution in [-0.4, -0.2) is 47.5 Å². The van der Waals surface area contributed by atoms with Crippen molar-refractivity contribution >= 4 is 21.5 Å². The molecule has 0 saturated carbocycles. The van der Waals surface area contributed by atoms with Crippen LogP contribution in [0.15, 0.2) is 18.2 Å². The number of unbranched alkanes of at least 4 members (excludes halogenated alkanes) is 1. The van der Waals surface area contributed by atoms with E-state index in [0.29, 0.717) is 28.2 Å². The van der Waals surface area contributed by atoms with Crippen LogP contribution < -0.4 is 9.47 Å². The SMILES string of the molecule is CCCCN1CCc2c(c3cc(OC)c(CO)cc3c3c(CO)c(CO)c(OC)cc23)C1. The molecule has 1 aliphatic rings. The summed E-state index contributed by atoms with van der Waals surface area (Å²) in [7, 11) is 3.21. The maximum absolute atomic E-state index is 10.3. The fraction of sp³-hybridized carbons (Fsp3) is 0.462. The molecule has 3 aromatic carbocycles. The molecule has 3 N–H and O–H groups in total. The third-order valence-corrected chi connectivity index (χ3v) is 6.81. The number of rotatable bonds is 8. The zero-order valence-corrected chi connectivity index (χ0v) is 19.2. The third-order valence-electron chi connectivity index (χ3n) is 6.81. The molecule has 1 aliphatic heterocycles. The highest BCUT2D eigenvalue weighted by Crippen LogP contribution is 2.43. The topological polar surface area (TPSA) is 82.4 Å². The quantitative estimate of drug-likeness (QED) is 0.465. The van der Waals surface area contributed by atoms with E-state index < -0.39 is 0 Å². The average Bonchev–Trinajstić information content (AvgIpc) is 2.84. The Morgan fingerprint density at radius 2 is 1.56 bits per heavy atom. The molecular formula is C26H33NO5. The molecule has 6 heteroatoms. The summed E-state index contributed by atoms with van der Waals surface area (Å²) >= 11 is 0. The van der Waals surface area contributed by atoms with E-state index in [2.05, 4.69) is 11.8 Å². The van der Waals surface area contributed by atoms with Crippen LogP contribution in [0.1, 0.15) is 47.6 Å². The van der Waals surface area contributed by atoms with Crippen molar-refractivity contribution in [3.05, 3.63) is 46.0 Å². The summed E-state index contributed by atoms with van der Waals surface area (Å²) in [6.45, 7) is 4.54.